The van der Waals surface area contributed by atoms with Gasteiger partial charge in [0, 0.05) is 18.1 Å². The van der Waals surface area contributed by atoms with Crippen LogP contribution >= 0.6 is 0 Å². The number of hydrogen-bond acceptors (Lipinski definition) is 0. The van der Waals surface area contributed by atoms with E-state index < -0.39 is 40.8 Å². The normalized spacial score (nSPS) is 14.1. The fourth-order valence-corrected chi connectivity index (χ4v) is 2.56. The molecule has 2 rings (SSSR count). The van der Waals surface area contributed by atoms with Crippen LogP contribution in [0, 0.1) is 5.82 Å². The molecule has 0 spiro atoms. The van der Waals surface area contributed by atoms with E-state index in [1.807, 2.05) is 0 Å². The molecule has 0 aliphatic carbocycles. The third-order valence-electron chi connectivity index (χ3n) is 3.92. The first-order valence-corrected chi connectivity index (χ1v) is 7.78. The maximum Gasteiger partial charge on any atom is 0.399 e. The topological polar surface area (TPSA) is 0 Å². The van der Waals surface area contributed by atoms with Crippen molar-refractivity contribution < 1.29 is 30.7 Å². The van der Waals surface area contributed by atoms with E-state index in [4.69, 9.17) is 0 Å². The van der Waals surface area contributed by atoms with Crippen molar-refractivity contribution >= 4 is 11.9 Å². The van der Waals surface area contributed by atoms with Crippen LogP contribution in [0.5, 0.6) is 0 Å². The standard InChI is InChI=1S/C20H15F7/c1-3-12-4-5-14(10-16(12)19(2,23)24)18(22)11-17(20(25,26)27)13-6-8-15(21)9-7-13/h3-11,17H,1H2,2H3/b18-11-. The van der Waals surface area contributed by atoms with Crippen molar-refractivity contribution in [3.8, 4) is 0 Å². The van der Waals surface area contributed by atoms with Gasteiger partial charge in [-0.2, -0.15) is 13.2 Å². The Bertz CT molecular complexity index is 840. The van der Waals surface area contributed by atoms with Gasteiger partial charge in [-0.25, -0.2) is 17.6 Å². The number of allylic oxidation sites excluding steroid dienone is 1. The van der Waals surface area contributed by atoms with Crippen molar-refractivity contribution in [1.82, 2.24) is 0 Å². The molecule has 0 aliphatic rings. The molecule has 0 nitrogen and oxygen atoms in total. The molecular weight excluding hydrogens is 373 g/mol. The predicted molar refractivity (Wildman–Crippen MR) is 90.4 cm³/mol. The summed E-state index contributed by atoms with van der Waals surface area (Å²) in [6.45, 7) is 3.98. The minimum atomic E-state index is -4.85. The van der Waals surface area contributed by atoms with Crippen LogP contribution in [0.3, 0.4) is 0 Å². The summed E-state index contributed by atoms with van der Waals surface area (Å²) in [7, 11) is 0. The molecule has 1 unspecified atom stereocenters. The molecule has 0 aromatic heterocycles. The van der Waals surface area contributed by atoms with Gasteiger partial charge >= 0.3 is 6.18 Å². The lowest BCUT2D eigenvalue weighted by atomic mass is 9.95. The zero-order valence-electron chi connectivity index (χ0n) is 14.1. The van der Waals surface area contributed by atoms with E-state index in [1.54, 1.807) is 0 Å². The summed E-state index contributed by atoms with van der Waals surface area (Å²) in [5.74, 6) is -7.75. The second kappa shape index (κ2) is 7.58. The van der Waals surface area contributed by atoms with E-state index in [2.05, 4.69) is 6.58 Å². The summed E-state index contributed by atoms with van der Waals surface area (Å²) in [4.78, 5) is 0. The molecule has 0 N–H and O–H groups in total. The van der Waals surface area contributed by atoms with Crippen molar-refractivity contribution in [2.45, 2.75) is 24.9 Å². The lowest BCUT2D eigenvalue weighted by Gasteiger charge is -2.18. The highest BCUT2D eigenvalue weighted by Crippen LogP contribution is 2.39. The van der Waals surface area contributed by atoms with Gasteiger partial charge in [-0.1, -0.05) is 36.9 Å². The highest BCUT2D eigenvalue weighted by Gasteiger charge is 2.40. The van der Waals surface area contributed by atoms with Crippen LogP contribution in [0.4, 0.5) is 30.7 Å². The van der Waals surface area contributed by atoms with Gasteiger partial charge in [0.1, 0.15) is 17.6 Å². The smallest absolute Gasteiger partial charge is 0.207 e. The second-order valence-corrected chi connectivity index (χ2v) is 5.98. The van der Waals surface area contributed by atoms with Crippen LogP contribution in [0.25, 0.3) is 11.9 Å². The van der Waals surface area contributed by atoms with Gasteiger partial charge in [-0.05, 0) is 35.4 Å². The van der Waals surface area contributed by atoms with Gasteiger partial charge in [0.25, 0.3) is 5.92 Å². The molecule has 2 aromatic rings. The van der Waals surface area contributed by atoms with Crippen LogP contribution in [0.2, 0.25) is 0 Å². The predicted octanol–water partition coefficient (Wildman–Crippen LogP) is 7.24. The Kier molecular flexibility index (Phi) is 5.82. The van der Waals surface area contributed by atoms with Crippen molar-refractivity contribution in [3.63, 3.8) is 0 Å². The minimum absolute atomic E-state index is 0.0463. The Labute approximate surface area is 151 Å². The van der Waals surface area contributed by atoms with E-state index in [0.29, 0.717) is 6.92 Å². The second-order valence-electron chi connectivity index (χ2n) is 5.98. The van der Waals surface area contributed by atoms with Gasteiger partial charge in [-0.3, -0.25) is 0 Å². The molecule has 144 valence electrons. The minimum Gasteiger partial charge on any atom is -0.207 e. The average Bonchev–Trinajstić information content (AvgIpc) is 2.58. The monoisotopic (exact) mass is 388 g/mol. The molecule has 0 radical (unpaired) electrons. The Morgan fingerprint density at radius 3 is 2.07 bits per heavy atom. The molecule has 1 atom stereocenters. The first-order chi connectivity index (χ1) is 12.4. The van der Waals surface area contributed by atoms with Crippen LogP contribution in [0.15, 0.2) is 55.1 Å². The number of alkyl halides is 5. The summed E-state index contributed by atoms with van der Waals surface area (Å²) < 4.78 is 94.8. The molecule has 2 aromatic carbocycles. The molecule has 0 saturated heterocycles. The van der Waals surface area contributed by atoms with E-state index in [9.17, 15) is 30.7 Å². The molecule has 7 heteroatoms. The van der Waals surface area contributed by atoms with Crippen LogP contribution in [0.1, 0.15) is 35.1 Å². The van der Waals surface area contributed by atoms with Crippen LogP contribution < -0.4 is 0 Å². The lowest BCUT2D eigenvalue weighted by Crippen LogP contribution is -2.19. The first kappa shape index (κ1) is 20.7. The van der Waals surface area contributed by atoms with Crippen molar-refractivity contribution in [2.24, 2.45) is 0 Å². The summed E-state index contributed by atoms with van der Waals surface area (Å²) in [5.41, 5.74) is -1.30. The third-order valence-corrected chi connectivity index (χ3v) is 3.92. The zero-order chi connectivity index (χ0) is 20.4. The first-order valence-electron chi connectivity index (χ1n) is 7.78. The van der Waals surface area contributed by atoms with Crippen LogP contribution in [-0.4, -0.2) is 6.18 Å². The maximum absolute atomic E-state index is 14.5. The van der Waals surface area contributed by atoms with Crippen molar-refractivity contribution in [1.29, 1.82) is 0 Å². The van der Waals surface area contributed by atoms with Gasteiger partial charge in [0.05, 0.1) is 0 Å². The molecule has 27 heavy (non-hydrogen) atoms. The molecule has 0 saturated carbocycles. The highest BCUT2D eigenvalue weighted by molar-refractivity contribution is 5.65. The van der Waals surface area contributed by atoms with E-state index >= 15 is 0 Å². The summed E-state index contributed by atoms with van der Waals surface area (Å²) in [5, 5.41) is 0. The SMILES string of the molecule is C=Cc1ccc(/C(F)=C/C(c2ccc(F)cc2)C(F)(F)F)cc1C(C)(F)F. The fraction of sp³-hybridized carbons (Fsp3) is 0.200. The molecule has 0 fully saturated rings. The highest BCUT2D eigenvalue weighted by atomic mass is 19.4. The van der Waals surface area contributed by atoms with Gasteiger partial charge in [0.2, 0.25) is 0 Å². The Hall–Kier alpha value is -2.57. The average molecular weight is 388 g/mol. The summed E-state index contributed by atoms with van der Waals surface area (Å²) in [6, 6.07) is 6.48. The van der Waals surface area contributed by atoms with Gasteiger partial charge < -0.3 is 0 Å². The number of halogens is 7. The van der Waals surface area contributed by atoms with E-state index in [0.717, 1.165) is 48.5 Å². The van der Waals surface area contributed by atoms with Gasteiger partial charge in [0.15, 0.2) is 0 Å². The number of hydrogen-bond donors (Lipinski definition) is 0. The van der Waals surface area contributed by atoms with Gasteiger partial charge in [-0.15, -0.1) is 0 Å². The van der Waals surface area contributed by atoms with Crippen LogP contribution in [-0.2, 0) is 5.92 Å². The molecule has 0 bridgehead atoms. The van der Waals surface area contributed by atoms with Crippen molar-refractivity contribution in [3.05, 3.63) is 83.2 Å². The third kappa shape index (κ3) is 4.99. The Balaban J connectivity index is 2.52. The molecular formula is C20H15F7. The molecule has 0 heterocycles. The maximum atomic E-state index is 14.5. The molecule has 0 amide bonds. The largest absolute Gasteiger partial charge is 0.399 e. The van der Waals surface area contributed by atoms with E-state index in [1.165, 1.54) is 0 Å². The van der Waals surface area contributed by atoms with Crippen molar-refractivity contribution in [2.75, 3.05) is 0 Å². The Morgan fingerprint density at radius 1 is 1.00 bits per heavy atom. The Morgan fingerprint density at radius 2 is 1.59 bits per heavy atom. The molecule has 0 aliphatic heterocycles. The fourth-order valence-electron chi connectivity index (χ4n) is 2.56. The zero-order valence-corrected chi connectivity index (χ0v) is 14.1. The number of rotatable bonds is 5. The van der Waals surface area contributed by atoms with E-state index in [-0.39, 0.29) is 17.2 Å². The number of benzene rings is 2. The summed E-state index contributed by atoms with van der Waals surface area (Å²) in [6.07, 6.45) is -3.42. The lowest BCUT2D eigenvalue weighted by molar-refractivity contribution is -0.139. The quantitative estimate of drug-likeness (QED) is 0.474. The summed E-state index contributed by atoms with van der Waals surface area (Å²) >= 11 is 0.